The summed E-state index contributed by atoms with van der Waals surface area (Å²) in [5, 5.41) is 54.5. The number of aliphatic carboxylic acids is 1. The molecule has 5 amide bonds. The van der Waals surface area contributed by atoms with Gasteiger partial charge in [-0.05, 0) is 183 Å². The summed E-state index contributed by atoms with van der Waals surface area (Å²) in [4.78, 5) is 161. The minimum absolute atomic E-state index is 0.00632. The molecule has 0 aromatic heterocycles. The molecular weight excluding hydrogens is 1330 g/mol. The van der Waals surface area contributed by atoms with Gasteiger partial charge in [0, 0.05) is 97.5 Å². The number of ketones is 1. The van der Waals surface area contributed by atoms with Crippen LogP contribution >= 0.6 is 0 Å². The van der Waals surface area contributed by atoms with Gasteiger partial charge in [-0.15, -0.1) is 5.06 Å². The molecule has 102 heavy (non-hydrogen) atoms. The summed E-state index contributed by atoms with van der Waals surface area (Å²) in [7, 11) is 0. The number of nitrogens with two attached hydrogens (primary N) is 1. The number of non-ortho nitro benzene ring substituents is 2. The van der Waals surface area contributed by atoms with E-state index >= 15 is 0 Å². The number of nitrogen functional groups attached to an aromatic ring is 1. The number of amides is 5. The van der Waals surface area contributed by atoms with Crippen molar-refractivity contribution in [3.63, 3.8) is 0 Å². The number of rotatable bonds is 21. The van der Waals surface area contributed by atoms with Crippen LogP contribution in [0.4, 0.5) is 34.1 Å². The largest absolute Gasteiger partial charge is 0.481 e. The van der Waals surface area contributed by atoms with Crippen molar-refractivity contribution in [2.75, 3.05) is 41.3 Å². The van der Waals surface area contributed by atoms with Gasteiger partial charge in [-0.3, -0.25) is 53.8 Å². The Morgan fingerprint density at radius 2 is 0.745 bits per heavy atom. The highest BCUT2D eigenvalue weighted by molar-refractivity contribution is 6.03. The fraction of sp³-hybridized carbons (Fsp3) is 0.333. The fourth-order valence-electron chi connectivity index (χ4n) is 7.42. The van der Waals surface area contributed by atoms with E-state index in [0.29, 0.717) is 57.3 Å². The minimum Gasteiger partial charge on any atom is -0.481 e. The molecule has 1 aliphatic heterocycles. The molecule has 0 atom stereocenters. The summed E-state index contributed by atoms with van der Waals surface area (Å²) < 4.78 is 10.4. The van der Waals surface area contributed by atoms with Crippen LogP contribution in [0.5, 0.6) is 0 Å². The molecule has 6 aromatic rings. The number of Topliss-reactive ketones (excluding diaryl/α,β-unsaturated/α-hetero) is 1. The number of anilines is 4. The summed E-state index contributed by atoms with van der Waals surface area (Å²) in [6, 6.07) is 34.8. The molecule has 0 spiro atoms. The zero-order valence-corrected chi connectivity index (χ0v) is 58.9. The number of nitro groups is 2. The lowest BCUT2D eigenvalue weighted by Gasteiger charge is -2.19. The van der Waals surface area contributed by atoms with Crippen LogP contribution in [-0.2, 0) is 43.1 Å². The predicted molar refractivity (Wildman–Crippen MR) is 379 cm³/mol. The van der Waals surface area contributed by atoms with E-state index in [0.717, 1.165) is 12.1 Å². The average molecular weight is 1420 g/mol. The van der Waals surface area contributed by atoms with Crippen molar-refractivity contribution in [2.45, 2.75) is 139 Å². The Balaban J connectivity index is 0.000000620. The van der Waals surface area contributed by atoms with E-state index in [2.05, 4.69) is 46.5 Å². The van der Waals surface area contributed by atoms with Gasteiger partial charge < -0.3 is 56.2 Å². The van der Waals surface area contributed by atoms with Crippen molar-refractivity contribution >= 4 is 105 Å². The standard InChI is InChI=1S/C17H14N2O6.C14H19NO3.C11H8N2O6.C11H15NO2.C10H11NO3.C6H15N.C3H6O2/c20-15(11-3-7-14(8-4-11)19(24)25)9-10-16(21)18-13-5-1-12(2-6-13)17(22)23;1-5-12(16)15-11-8-6-10(7-9-11)13(17)18-14(2,3)4;14-9-5-6-10(15)12(9)19-11(16)7-1-3-8(4-2-7)13(17)18;1-11(2,3)14-10(13)8-4-6-9(12)7-5-8;1-2-9(12)11-8-5-3-7(4-6-8)10(13)14;1-4-7(5-2)6-3;1-2-3(4)5/h1-8H,9-10H2,(H,18,21)(H,22,23);6-9H,5H2,1-4H3,(H,15,16);1-4H,5-6H2;4-7H,12H2,1-3H3;3-6H,2H2,1H3,(H,11,12)(H,13,14);4-6H2,1-3H3;2H2,1H3,(H,4,5). The number of ether oxygens (including phenoxy) is 2. The molecule has 548 valence electrons. The molecule has 1 fully saturated rings. The van der Waals surface area contributed by atoms with Gasteiger partial charge in [0.25, 0.3) is 23.2 Å². The van der Waals surface area contributed by atoms with Gasteiger partial charge >= 0.3 is 35.8 Å². The number of aromatic carboxylic acids is 2. The predicted octanol–water partition coefficient (Wildman–Crippen LogP) is 12.5. The summed E-state index contributed by atoms with van der Waals surface area (Å²) in [5.74, 6) is -6.39. The Hall–Kier alpha value is -12.1. The topological polar surface area (TPSA) is 448 Å². The van der Waals surface area contributed by atoms with Crippen molar-refractivity contribution in [2.24, 2.45) is 0 Å². The number of hydroxylamine groups is 2. The van der Waals surface area contributed by atoms with E-state index < -0.39 is 62.6 Å². The molecule has 8 N–H and O–H groups in total. The van der Waals surface area contributed by atoms with E-state index in [4.69, 9.17) is 30.5 Å². The number of nitrogens with one attached hydrogen (secondary N) is 3. The number of carboxylic acids is 3. The Kier molecular flexibility index (Phi) is 38.6. The summed E-state index contributed by atoms with van der Waals surface area (Å²) in [5.41, 5.74) is 8.21. The lowest BCUT2D eigenvalue weighted by atomic mass is 10.1. The number of imide groups is 1. The smallest absolute Gasteiger partial charge is 0.363 e. The molecule has 1 aliphatic rings. The van der Waals surface area contributed by atoms with Crippen molar-refractivity contribution in [1.29, 1.82) is 0 Å². The number of benzene rings is 6. The van der Waals surface area contributed by atoms with Gasteiger partial charge in [-0.25, -0.2) is 24.0 Å². The van der Waals surface area contributed by atoms with Gasteiger partial charge in [0.1, 0.15) is 11.2 Å². The first-order valence-corrected chi connectivity index (χ1v) is 31.8. The molecular formula is C72H88N8O22. The zero-order chi connectivity index (χ0) is 77.5. The van der Waals surface area contributed by atoms with Gasteiger partial charge in [0.2, 0.25) is 17.7 Å². The van der Waals surface area contributed by atoms with Crippen molar-refractivity contribution < 1.29 is 97.0 Å². The van der Waals surface area contributed by atoms with E-state index in [1.807, 2.05) is 41.5 Å². The van der Waals surface area contributed by atoms with Gasteiger partial charge in [-0.2, -0.15) is 0 Å². The summed E-state index contributed by atoms with van der Waals surface area (Å²) >= 11 is 0. The Morgan fingerprint density at radius 1 is 0.451 bits per heavy atom. The third kappa shape index (κ3) is 36.0. The second kappa shape index (κ2) is 44.8. The maximum Gasteiger partial charge on any atom is 0.363 e. The number of hydrogen-bond acceptors (Lipinski definition) is 21. The first-order chi connectivity index (χ1) is 47.8. The fourth-order valence-corrected chi connectivity index (χ4v) is 7.42. The lowest BCUT2D eigenvalue weighted by molar-refractivity contribution is -0.385. The normalized spacial score (nSPS) is 11.0. The highest BCUT2D eigenvalue weighted by atomic mass is 16.7. The first kappa shape index (κ1) is 87.9. The van der Waals surface area contributed by atoms with Crippen LogP contribution in [0, 0.1) is 20.2 Å². The molecule has 30 heteroatoms. The maximum atomic E-state index is 12.0. The van der Waals surface area contributed by atoms with Gasteiger partial charge in [0.15, 0.2) is 5.78 Å². The molecule has 1 heterocycles. The molecule has 7 rings (SSSR count). The van der Waals surface area contributed by atoms with Crippen LogP contribution < -0.4 is 21.7 Å². The van der Waals surface area contributed by atoms with Crippen LogP contribution in [0.3, 0.4) is 0 Å². The highest BCUT2D eigenvalue weighted by Gasteiger charge is 2.33. The number of nitrogens with zero attached hydrogens (tertiary/aromatic N) is 4. The van der Waals surface area contributed by atoms with Crippen molar-refractivity contribution in [3.05, 3.63) is 199 Å². The SMILES string of the molecule is CC(C)(C)OC(=O)c1ccc(N)cc1.CCC(=O)Nc1ccc(C(=O)O)cc1.CCC(=O)Nc1ccc(C(=O)OC(C)(C)C)cc1.CCC(=O)O.CCN(CC)CC.O=C(CCC(=O)c1ccc([N+](=O)[O-])cc1)Nc1ccc(C(=O)O)cc1.O=C(ON1C(=O)CCC1=O)c1ccc([N+](=O)[O-])cc1. The minimum atomic E-state index is -1.06. The Bertz CT molecular complexity index is 3770. The molecule has 0 bridgehead atoms. The molecule has 0 radical (unpaired) electrons. The molecule has 0 saturated carbocycles. The molecule has 1 saturated heterocycles. The van der Waals surface area contributed by atoms with Gasteiger partial charge in [0.05, 0.1) is 37.7 Å². The summed E-state index contributed by atoms with van der Waals surface area (Å²) in [6.45, 7) is 26.2. The van der Waals surface area contributed by atoms with Crippen LogP contribution in [0.2, 0.25) is 0 Å². The quantitative estimate of drug-likeness (QED) is 0.00878. The number of carbonyl (C=O) groups is 12. The third-order valence-electron chi connectivity index (χ3n) is 12.9. The van der Waals surface area contributed by atoms with Crippen molar-refractivity contribution in [3.8, 4) is 0 Å². The Morgan fingerprint density at radius 3 is 1.03 bits per heavy atom. The lowest BCUT2D eigenvalue weighted by Crippen LogP contribution is -2.32. The zero-order valence-electron chi connectivity index (χ0n) is 58.9. The van der Waals surface area contributed by atoms with E-state index in [9.17, 15) is 77.8 Å². The second-order valence-corrected chi connectivity index (χ2v) is 23.2. The molecule has 0 aliphatic carbocycles. The Labute approximate surface area is 589 Å². The monoisotopic (exact) mass is 1420 g/mol. The summed E-state index contributed by atoms with van der Waals surface area (Å²) in [6.07, 6.45) is 0.959. The third-order valence-corrected chi connectivity index (χ3v) is 12.9. The number of carbonyl (C=O) groups excluding carboxylic acids is 9. The van der Waals surface area contributed by atoms with Crippen molar-refractivity contribution in [1.82, 2.24) is 9.96 Å². The van der Waals surface area contributed by atoms with Crippen LogP contribution in [0.25, 0.3) is 0 Å². The number of carboxylic acid groups (broad SMARTS) is 3. The van der Waals surface area contributed by atoms with Gasteiger partial charge in [-0.1, -0.05) is 41.5 Å². The van der Waals surface area contributed by atoms with E-state index in [-0.39, 0.29) is 89.7 Å². The van der Waals surface area contributed by atoms with Crippen LogP contribution in [0.15, 0.2) is 146 Å². The number of nitro benzene ring substituents is 2. The molecule has 30 nitrogen and oxygen atoms in total. The molecule has 0 unspecified atom stereocenters. The highest BCUT2D eigenvalue weighted by Crippen LogP contribution is 2.20. The second-order valence-electron chi connectivity index (χ2n) is 23.2. The average Bonchev–Trinajstić information content (AvgIpc) is 1.68. The molecule has 6 aromatic carbocycles. The van der Waals surface area contributed by atoms with E-state index in [1.165, 1.54) is 92.4 Å². The number of hydrogen-bond donors (Lipinski definition) is 7. The first-order valence-electron chi connectivity index (χ1n) is 31.8. The van der Waals surface area contributed by atoms with Crippen LogP contribution in [-0.4, -0.2) is 137 Å². The van der Waals surface area contributed by atoms with E-state index in [1.54, 1.807) is 81.4 Å². The maximum absolute atomic E-state index is 12.0. The number of esters is 2. The van der Waals surface area contributed by atoms with Crippen LogP contribution in [0.1, 0.15) is 190 Å².